The third kappa shape index (κ3) is 3.69. The highest BCUT2D eigenvalue weighted by Gasteiger charge is 2.21. The molecular weight excluding hydrogens is 224 g/mol. The van der Waals surface area contributed by atoms with Gasteiger partial charge in [-0.25, -0.2) is 0 Å². The van der Waals surface area contributed by atoms with E-state index in [-0.39, 0.29) is 0 Å². The van der Waals surface area contributed by atoms with E-state index in [0.717, 1.165) is 0 Å². The molecule has 6 nitrogen and oxygen atoms in total. The van der Waals surface area contributed by atoms with Crippen LogP contribution in [0.2, 0.25) is 0 Å². The molecule has 0 bridgehead atoms. The molecule has 0 aliphatic carbocycles. The standard InChI is InChI=1S/C11H12N2O4/c12-9(11(16)17)8(14)6-13-10(15)7-4-2-1-3-5-7/h1-5,9H,6,12H2,(H,13,15)(H,16,17). The summed E-state index contributed by atoms with van der Waals surface area (Å²) in [4.78, 5) is 33.1. The van der Waals surface area contributed by atoms with E-state index >= 15 is 0 Å². The fraction of sp³-hybridized carbons (Fsp3) is 0.182. The molecule has 0 saturated carbocycles. The molecule has 17 heavy (non-hydrogen) atoms. The van der Waals surface area contributed by atoms with Gasteiger partial charge in [0.15, 0.2) is 11.8 Å². The number of hydrogen-bond acceptors (Lipinski definition) is 4. The van der Waals surface area contributed by atoms with Gasteiger partial charge in [0.25, 0.3) is 5.91 Å². The summed E-state index contributed by atoms with van der Waals surface area (Å²) in [5.74, 6) is -2.61. The summed E-state index contributed by atoms with van der Waals surface area (Å²) < 4.78 is 0. The number of carboxylic acid groups (broad SMARTS) is 1. The molecule has 6 heteroatoms. The van der Waals surface area contributed by atoms with Gasteiger partial charge in [0, 0.05) is 5.56 Å². The molecule has 0 radical (unpaired) electrons. The first-order valence-electron chi connectivity index (χ1n) is 4.86. The normalized spacial score (nSPS) is 11.6. The molecule has 0 fully saturated rings. The molecule has 0 spiro atoms. The van der Waals surface area contributed by atoms with Crippen LogP contribution in [0.4, 0.5) is 0 Å². The Morgan fingerprint density at radius 2 is 1.82 bits per heavy atom. The zero-order chi connectivity index (χ0) is 12.8. The van der Waals surface area contributed by atoms with Gasteiger partial charge < -0.3 is 16.2 Å². The highest BCUT2D eigenvalue weighted by atomic mass is 16.4. The molecular formula is C11H12N2O4. The van der Waals surface area contributed by atoms with E-state index in [0.29, 0.717) is 5.56 Å². The minimum atomic E-state index is -1.61. The molecule has 1 atom stereocenters. The van der Waals surface area contributed by atoms with Crippen LogP contribution >= 0.6 is 0 Å². The van der Waals surface area contributed by atoms with Crippen LogP contribution in [0.1, 0.15) is 10.4 Å². The van der Waals surface area contributed by atoms with Crippen molar-refractivity contribution in [1.29, 1.82) is 0 Å². The van der Waals surface area contributed by atoms with Gasteiger partial charge in [0.05, 0.1) is 6.54 Å². The van der Waals surface area contributed by atoms with E-state index < -0.39 is 30.2 Å². The average molecular weight is 236 g/mol. The lowest BCUT2D eigenvalue weighted by Crippen LogP contribution is -2.44. The molecule has 1 rings (SSSR count). The third-order valence-corrected chi connectivity index (χ3v) is 2.07. The van der Waals surface area contributed by atoms with Crippen LogP contribution in [-0.4, -0.2) is 35.4 Å². The number of nitrogens with one attached hydrogen (secondary N) is 1. The van der Waals surface area contributed by atoms with Crippen LogP contribution < -0.4 is 11.1 Å². The molecule has 1 amide bonds. The summed E-state index contributed by atoms with van der Waals surface area (Å²) in [6, 6.07) is 6.67. The van der Waals surface area contributed by atoms with Crippen molar-refractivity contribution in [2.75, 3.05) is 6.54 Å². The lowest BCUT2D eigenvalue weighted by molar-refractivity contribution is -0.141. The maximum Gasteiger partial charge on any atom is 0.328 e. The molecule has 4 N–H and O–H groups in total. The largest absolute Gasteiger partial charge is 0.480 e. The third-order valence-electron chi connectivity index (χ3n) is 2.07. The number of rotatable bonds is 5. The molecule has 0 heterocycles. The van der Waals surface area contributed by atoms with E-state index in [1.807, 2.05) is 0 Å². The zero-order valence-electron chi connectivity index (χ0n) is 8.92. The summed E-state index contributed by atoms with van der Waals surface area (Å²) >= 11 is 0. The summed E-state index contributed by atoms with van der Waals surface area (Å²) in [6.45, 7) is -0.402. The maximum absolute atomic E-state index is 11.5. The van der Waals surface area contributed by atoms with Gasteiger partial charge in [-0.2, -0.15) is 0 Å². The second kappa shape index (κ2) is 5.76. The minimum absolute atomic E-state index is 0.393. The number of Topliss-reactive ketones (excluding diaryl/α,β-unsaturated/α-hetero) is 1. The number of carbonyl (C=O) groups is 3. The second-order valence-corrected chi connectivity index (χ2v) is 3.33. The van der Waals surface area contributed by atoms with Crippen LogP contribution in [0, 0.1) is 0 Å². The Hall–Kier alpha value is -2.21. The Kier molecular flexibility index (Phi) is 4.36. The highest BCUT2D eigenvalue weighted by molar-refractivity contribution is 6.05. The van der Waals surface area contributed by atoms with Crippen LogP contribution in [0.25, 0.3) is 0 Å². The maximum atomic E-state index is 11.5. The molecule has 0 aromatic heterocycles. The molecule has 0 aliphatic rings. The Morgan fingerprint density at radius 1 is 1.24 bits per heavy atom. The smallest absolute Gasteiger partial charge is 0.328 e. The van der Waals surface area contributed by atoms with Crippen molar-refractivity contribution in [2.24, 2.45) is 5.73 Å². The first-order chi connectivity index (χ1) is 8.02. The fourth-order valence-corrected chi connectivity index (χ4v) is 1.11. The minimum Gasteiger partial charge on any atom is -0.480 e. The molecule has 0 aliphatic heterocycles. The molecule has 1 unspecified atom stereocenters. The topological polar surface area (TPSA) is 109 Å². The second-order valence-electron chi connectivity index (χ2n) is 3.33. The van der Waals surface area contributed by atoms with E-state index in [1.54, 1.807) is 30.3 Å². The van der Waals surface area contributed by atoms with Gasteiger partial charge in [0.2, 0.25) is 0 Å². The predicted molar refractivity (Wildman–Crippen MR) is 59.4 cm³/mol. The number of hydrogen-bond donors (Lipinski definition) is 3. The molecule has 1 aromatic rings. The van der Waals surface area contributed by atoms with Gasteiger partial charge in [-0.15, -0.1) is 0 Å². The van der Waals surface area contributed by atoms with Crippen molar-refractivity contribution in [3.8, 4) is 0 Å². The van der Waals surface area contributed by atoms with Gasteiger partial charge in [-0.1, -0.05) is 18.2 Å². The summed E-state index contributed by atoms with van der Waals surface area (Å²) in [7, 11) is 0. The van der Waals surface area contributed by atoms with Crippen molar-refractivity contribution in [3.63, 3.8) is 0 Å². The van der Waals surface area contributed by atoms with Crippen LogP contribution in [0.5, 0.6) is 0 Å². The van der Waals surface area contributed by atoms with Crippen LogP contribution in [0.3, 0.4) is 0 Å². The van der Waals surface area contributed by atoms with Gasteiger partial charge in [0.1, 0.15) is 0 Å². The Morgan fingerprint density at radius 3 is 2.35 bits per heavy atom. The van der Waals surface area contributed by atoms with Gasteiger partial charge in [-0.05, 0) is 12.1 Å². The fourth-order valence-electron chi connectivity index (χ4n) is 1.11. The van der Waals surface area contributed by atoms with E-state index in [9.17, 15) is 14.4 Å². The van der Waals surface area contributed by atoms with Crippen molar-refractivity contribution >= 4 is 17.7 Å². The molecule has 1 aromatic carbocycles. The number of carboxylic acids is 1. The van der Waals surface area contributed by atoms with Gasteiger partial charge in [-0.3, -0.25) is 14.4 Å². The lowest BCUT2D eigenvalue weighted by Gasteiger charge is -2.07. The number of carbonyl (C=O) groups excluding carboxylic acids is 2. The zero-order valence-corrected chi connectivity index (χ0v) is 8.92. The highest BCUT2D eigenvalue weighted by Crippen LogP contribution is 1.97. The summed E-state index contributed by atoms with van der Waals surface area (Å²) in [5, 5.41) is 10.8. The Bertz CT molecular complexity index is 430. The SMILES string of the molecule is NC(C(=O)O)C(=O)CNC(=O)c1ccccc1. The van der Waals surface area contributed by atoms with Crippen molar-refractivity contribution in [3.05, 3.63) is 35.9 Å². The van der Waals surface area contributed by atoms with Crippen molar-refractivity contribution < 1.29 is 19.5 Å². The average Bonchev–Trinajstić information content (AvgIpc) is 2.35. The monoisotopic (exact) mass is 236 g/mol. The van der Waals surface area contributed by atoms with Gasteiger partial charge >= 0.3 is 5.97 Å². The number of amides is 1. The number of benzene rings is 1. The first-order valence-corrected chi connectivity index (χ1v) is 4.86. The van der Waals surface area contributed by atoms with Crippen LogP contribution in [0.15, 0.2) is 30.3 Å². The quantitative estimate of drug-likeness (QED) is 0.591. The lowest BCUT2D eigenvalue weighted by atomic mass is 10.2. The number of ketones is 1. The van der Waals surface area contributed by atoms with Crippen LogP contribution in [-0.2, 0) is 9.59 Å². The van der Waals surface area contributed by atoms with E-state index in [2.05, 4.69) is 5.32 Å². The Balaban J connectivity index is 2.50. The van der Waals surface area contributed by atoms with Crippen molar-refractivity contribution in [2.45, 2.75) is 6.04 Å². The number of nitrogens with two attached hydrogens (primary N) is 1. The molecule has 90 valence electrons. The number of aliphatic carboxylic acids is 1. The van der Waals surface area contributed by atoms with Crippen molar-refractivity contribution in [1.82, 2.24) is 5.32 Å². The van der Waals surface area contributed by atoms with E-state index in [1.165, 1.54) is 0 Å². The van der Waals surface area contributed by atoms with E-state index in [4.69, 9.17) is 10.8 Å². The summed E-state index contributed by atoms with van der Waals surface area (Å²) in [6.07, 6.45) is 0. The summed E-state index contributed by atoms with van der Waals surface area (Å²) in [5.41, 5.74) is 5.48. The predicted octanol–water partition coefficient (Wildman–Crippen LogP) is -0.603. The first kappa shape index (κ1) is 12.9. The molecule has 0 saturated heterocycles. The Labute approximate surface area is 97.4 Å².